The fourth-order valence-electron chi connectivity index (χ4n) is 5.50. The molecule has 0 saturated heterocycles. The van der Waals surface area contributed by atoms with E-state index in [2.05, 4.69) is 5.32 Å². The van der Waals surface area contributed by atoms with Crippen LogP contribution in [0, 0.1) is 17.0 Å². The number of halogens is 2. The average Bonchev–Trinajstić information content (AvgIpc) is 3.05. The lowest BCUT2D eigenvalue weighted by Crippen LogP contribution is -2.56. The van der Waals surface area contributed by atoms with Crippen LogP contribution in [-0.2, 0) is 27.2 Å². The minimum atomic E-state index is -1.14. The van der Waals surface area contributed by atoms with Crippen LogP contribution < -0.4 is 11.1 Å². The molecule has 0 aliphatic heterocycles. The number of rotatable bonds is 15. The van der Waals surface area contributed by atoms with Crippen molar-refractivity contribution in [1.29, 1.82) is 0 Å². The summed E-state index contributed by atoms with van der Waals surface area (Å²) in [6.45, 7) is 8.98. The fraction of sp³-hybridized carbons (Fsp3) is 0.410. The van der Waals surface area contributed by atoms with Crippen molar-refractivity contribution in [1.82, 2.24) is 15.1 Å². The second-order valence-corrected chi connectivity index (χ2v) is 14.3. The van der Waals surface area contributed by atoms with Crippen LogP contribution in [0.25, 0.3) is 11.1 Å². The summed E-state index contributed by atoms with van der Waals surface area (Å²) in [4.78, 5) is 44.4. The zero-order valence-electron chi connectivity index (χ0n) is 29.6. The molecule has 0 fully saturated rings. The number of nitrogens with two attached hydrogens (primary N) is 1. The van der Waals surface area contributed by atoms with Crippen LogP contribution in [0.3, 0.4) is 0 Å². The molecular weight excluding hydrogens is 626 g/mol. The highest BCUT2D eigenvalue weighted by atomic mass is 19.2. The molecule has 0 aliphatic carbocycles. The molecule has 0 saturated carbocycles. The molecule has 0 aromatic heterocycles. The van der Waals surface area contributed by atoms with Crippen LogP contribution in [0.4, 0.5) is 8.78 Å². The Morgan fingerprint density at radius 3 is 1.98 bits per heavy atom. The fourth-order valence-corrected chi connectivity index (χ4v) is 5.50. The molecule has 264 valence electrons. The first-order valence-corrected chi connectivity index (χ1v) is 16.4. The second-order valence-electron chi connectivity index (χ2n) is 14.3. The summed E-state index contributed by atoms with van der Waals surface area (Å²) in [6, 6.07) is 18.7. The van der Waals surface area contributed by atoms with E-state index in [9.17, 15) is 28.3 Å². The van der Waals surface area contributed by atoms with Gasteiger partial charge in [0.1, 0.15) is 12.1 Å². The van der Waals surface area contributed by atoms with Crippen LogP contribution in [-0.4, -0.2) is 77.5 Å². The molecule has 0 bridgehead atoms. The van der Waals surface area contributed by atoms with E-state index in [-0.39, 0.29) is 26.0 Å². The molecule has 4 N–H and O–H groups in total. The Hall–Kier alpha value is -4.41. The molecular formula is C39H50F2N4O4. The highest BCUT2D eigenvalue weighted by Gasteiger charge is 2.35. The molecule has 0 spiro atoms. The van der Waals surface area contributed by atoms with Gasteiger partial charge in [-0.1, -0.05) is 80.1 Å². The number of carbonyl (C=O) groups is 3. The molecule has 8 nitrogen and oxygen atoms in total. The standard InChI is InChI=1S/C39H50F2N4O4/c1-26(23-39(4,5)42)19-35(47)44(6)34(21-27-13-16-30(17-14-27)29-11-9-8-10-12-29)37(49)45(7)33(36(48)43-24-38(2,3)25-46)22-28-15-18-31(40)32(41)20-28/h8-20,33-34,46H,21-25,42H2,1-7H3,(H,43,48)/b26-19+/t33-,34-/m1/s1. The van der Waals surface area contributed by atoms with Gasteiger partial charge in [-0.3, -0.25) is 14.4 Å². The van der Waals surface area contributed by atoms with Gasteiger partial charge in [0.05, 0.1) is 0 Å². The van der Waals surface area contributed by atoms with Gasteiger partial charge in [0.2, 0.25) is 17.7 Å². The van der Waals surface area contributed by atoms with Gasteiger partial charge in [-0.05, 0) is 61.6 Å². The van der Waals surface area contributed by atoms with Gasteiger partial charge in [0, 0.05) is 57.1 Å². The Kier molecular flexibility index (Phi) is 13.4. The summed E-state index contributed by atoms with van der Waals surface area (Å²) in [6.07, 6.45) is 1.96. The molecule has 0 unspecified atom stereocenters. The Morgan fingerprint density at radius 2 is 1.41 bits per heavy atom. The number of carbonyl (C=O) groups excluding carboxylic acids is 3. The quantitative estimate of drug-likeness (QED) is 0.190. The third kappa shape index (κ3) is 11.6. The van der Waals surface area contributed by atoms with Crippen LogP contribution in [0.2, 0.25) is 0 Å². The summed E-state index contributed by atoms with van der Waals surface area (Å²) in [5.41, 5.74) is 8.86. The molecule has 3 amide bonds. The van der Waals surface area contributed by atoms with Gasteiger partial charge in [0.25, 0.3) is 0 Å². The van der Waals surface area contributed by atoms with E-state index in [1.54, 1.807) is 20.9 Å². The zero-order chi connectivity index (χ0) is 36.5. The number of amides is 3. The highest BCUT2D eigenvalue weighted by Crippen LogP contribution is 2.23. The summed E-state index contributed by atoms with van der Waals surface area (Å²) < 4.78 is 28.0. The summed E-state index contributed by atoms with van der Waals surface area (Å²) in [5, 5.41) is 12.5. The number of likely N-dealkylation sites (N-methyl/N-ethyl adjacent to an activating group) is 2. The zero-order valence-corrected chi connectivity index (χ0v) is 29.6. The van der Waals surface area contributed by atoms with Crippen LogP contribution >= 0.6 is 0 Å². The number of hydrogen-bond acceptors (Lipinski definition) is 5. The molecule has 0 aliphatic rings. The van der Waals surface area contributed by atoms with E-state index in [1.165, 1.54) is 29.0 Å². The van der Waals surface area contributed by atoms with Gasteiger partial charge in [-0.2, -0.15) is 0 Å². The van der Waals surface area contributed by atoms with Crippen LogP contribution in [0.1, 0.15) is 52.2 Å². The number of hydrogen-bond donors (Lipinski definition) is 3. The monoisotopic (exact) mass is 676 g/mol. The van der Waals surface area contributed by atoms with Gasteiger partial charge < -0.3 is 26.0 Å². The summed E-state index contributed by atoms with van der Waals surface area (Å²) in [5.74, 6) is -3.56. The minimum absolute atomic E-state index is 0.107. The third-order valence-corrected chi connectivity index (χ3v) is 8.39. The number of nitrogens with one attached hydrogen (secondary N) is 1. The van der Waals surface area contributed by atoms with Crippen molar-refractivity contribution in [2.45, 2.75) is 71.5 Å². The Labute approximate surface area is 289 Å². The predicted octanol–water partition coefficient (Wildman–Crippen LogP) is 5.28. The number of aliphatic hydroxyl groups excluding tert-OH is 1. The predicted molar refractivity (Wildman–Crippen MR) is 189 cm³/mol. The van der Waals surface area contributed by atoms with Crippen molar-refractivity contribution in [2.75, 3.05) is 27.2 Å². The van der Waals surface area contributed by atoms with E-state index < -0.39 is 52.4 Å². The van der Waals surface area contributed by atoms with Crippen LogP contribution in [0.15, 0.2) is 84.4 Å². The van der Waals surface area contributed by atoms with E-state index in [0.29, 0.717) is 12.0 Å². The summed E-state index contributed by atoms with van der Waals surface area (Å²) in [7, 11) is 3.01. The topological polar surface area (TPSA) is 116 Å². The number of benzene rings is 3. The maximum Gasteiger partial charge on any atom is 0.246 e. The van der Waals surface area contributed by atoms with Gasteiger partial charge in [-0.15, -0.1) is 0 Å². The van der Waals surface area contributed by atoms with Crippen molar-refractivity contribution >= 4 is 17.7 Å². The van der Waals surface area contributed by atoms with Crippen molar-refractivity contribution in [3.63, 3.8) is 0 Å². The SMILES string of the molecule is C/C(=C\C(=O)N(C)[C@H](Cc1ccc(-c2ccccc2)cc1)C(=O)N(C)[C@H](Cc1ccc(F)c(F)c1)C(=O)NCC(C)(C)CO)CC(C)(C)N. The normalized spacial score (nSPS) is 13.4. The Balaban J connectivity index is 2.00. The maximum atomic E-state index is 14.4. The van der Waals surface area contributed by atoms with Crippen LogP contribution in [0.5, 0.6) is 0 Å². The third-order valence-electron chi connectivity index (χ3n) is 8.39. The molecule has 10 heteroatoms. The molecule has 0 heterocycles. The lowest BCUT2D eigenvalue weighted by molar-refractivity contribution is -0.146. The van der Waals surface area contributed by atoms with Crippen molar-refractivity contribution in [2.24, 2.45) is 11.1 Å². The first kappa shape index (κ1) is 39.0. The van der Waals surface area contributed by atoms with E-state index >= 15 is 0 Å². The van der Waals surface area contributed by atoms with Gasteiger partial charge >= 0.3 is 0 Å². The first-order valence-electron chi connectivity index (χ1n) is 16.4. The molecule has 0 radical (unpaired) electrons. The maximum absolute atomic E-state index is 14.4. The largest absolute Gasteiger partial charge is 0.396 e. The molecule has 3 rings (SSSR count). The Morgan fingerprint density at radius 1 is 0.837 bits per heavy atom. The lowest BCUT2D eigenvalue weighted by atomic mass is 9.94. The number of aliphatic hydroxyl groups is 1. The van der Waals surface area contributed by atoms with Crippen molar-refractivity contribution in [3.8, 4) is 11.1 Å². The smallest absolute Gasteiger partial charge is 0.246 e. The molecule has 3 aromatic rings. The van der Waals surface area contributed by atoms with Crippen molar-refractivity contribution < 1.29 is 28.3 Å². The average molecular weight is 677 g/mol. The van der Waals surface area contributed by atoms with E-state index in [1.807, 2.05) is 75.4 Å². The van der Waals surface area contributed by atoms with Crippen molar-refractivity contribution in [3.05, 3.63) is 107 Å². The van der Waals surface area contributed by atoms with Gasteiger partial charge in [0.15, 0.2) is 11.6 Å². The second kappa shape index (κ2) is 16.8. The first-order chi connectivity index (χ1) is 22.9. The van der Waals surface area contributed by atoms with E-state index in [0.717, 1.165) is 34.4 Å². The van der Waals surface area contributed by atoms with Gasteiger partial charge in [-0.25, -0.2) is 8.78 Å². The Bertz CT molecular complexity index is 1620. The number of nitrogens with zero attached hydrogens (tertiary/aromatic N) is 2. The van der Waals surface area contributed by atoms with E-state index in [4.69, 9.17) is 5.73 Å². The summed E-state index contributed by atoms with van der Waals surface area (Å²) >= 11 is 0. The molecule has 2 atom stereocenters. The lowest BCUT2D eigenvalue weighted by Gasteiger charge is -2.35. The molecule has 49 heavy (non-hydrogen) atoms. The molecule has 3 aromatic carbocycles. The minimum Gasteiger partial charge on any atom is -0.396 e. The highest BCUT2D eigenvalue weighted by molar-refractivity contribution is 5.95.